The van der Waals surface area contributed by atoms with Crippen molar-refractivity contribution >= 4 is 29.2 Å². The molecule has 2 aromatic carbocycles. The summed E-state index contributed by atoms with van der Waals surface area (Å²) < 4.78 is 10.5. The molecule has 1 amide bonds. The lowest BCUT2D eigenvalue weighted by Gasteiger charge is -2.08. The molecule has 0 spiro atoms. The molecule has 2 aromatic rings. The molecule has 0 aliphatic heterocycles. The smallest absolute Gasteiger partial charge is 0.338 e. The van der Waals surface area contributed by atoms with Gasteiger partial charge < -0.3 is 14.8 Å². The zero-order chi connectivity index (χ0) is 18.1. The molecule has 0 atom stereocenters. The summed E-state index contributed by atoms with van der Waals surface area (Å²) in [5, 5.41) is 3.42. The number of esters is 1. The Kier molecular flexibility index (Phi) is 7.29. The van der Waals surface area contributed by atoms with Crippen molar-refractivity contribution in [2.45, 2.75) is 19.8 Å². The summed E-state index contributed by atoms with van der Waals surface area (Å²) in [4.78, 5) is 23.7. The van der Waals surface area contributed by atoms with Crippen LogP contribution in [0.2, 0.25) is 5.02 Å². The molecular formula is C19H20ClNO4. The Morgan fingerprint density at radius 3 is 2.60 bits per heavy atom. The summed E-state index contributed by atoms with van der Waals surface area (Å²) in [6.07, 6.45) is 0.892. The molecule has 0 saturated heterocycles. The Labute approximate surface area is 151 Å². The Bertz CT molecular complexity index is 716. The highest BCUT2D eigenvalue weighted by molar-refractivity contribution is 6.30. The molecule has 0 radical (unpaired) electrons. The van der Waals surface area contributed by atoms with E-state index < -0.39 is 5.97 Å². The van der Waals surface area contributed by atoms with Gasteiger partial charge in [-0.2, -0.15) is 0 Å². The van der Waals surface area contributed by atoms with Crippen molar-refractivity contribution in [2.24, 2.45) is 0 Å². The first-order valence-electron chi connectivity index (χ1n) is 8.04. The first kappa shape index (κ1) is 18.8. The number of hydrogen-bond donors (Lipinski definition) is 1. The maximum atomic E-state index is 12.0. The van der Waals surface area contributed by atoms with Gasteiger partial charge in [-0.1, -0.05) is 17.7 Å². The Hall–Kier alpha value is -2.53. The molecule has 0 heterocycles. The van der Waals surface area contributed by atoms with Gasteiger partial charge in [0, 0.05) is 17.1 Å². The molecule has 0 bridgehead atoms. The third kappa shape index (κ3) is 6.47. The predicted octanol–water partition coefficient (Wildman–Crippen LogP) is 4.31. The highest BCUT2D eigenvalue weighted by Gasteiger charge is 2.08. The van der Waals surface area contributed by atoms with Crippen LogP contribution in [-0.2, 0) is 9.53 Å². The zero-order valence-electron chi connectivity index (χ0n) is 14.0. The van der Waals surface area contributed by atoms with Crippen LogP contribution in [0.4, 0.5) is 5.69 Å². The zero-order valence-corrected chi connectivity index (χ0v) is 14.7. The number of amides is 1. The van der Waals surface area contributed by atoms with E-state index in [1.165, 1.54) is 0 Å². The number of hydrogen-bond acceptors (Lipinski definition) is 4. The Morgan fingerprint density at radius 1 is 1.12 bits per heavy atom. The number of anilines is 1. The second kappa shape index (κ2) is 9.69. The van der Waals surface area contributed by atoms with Gasteiger partial charge in [-0.3, -0.25) is 4.79 Å². The summed E-state index contributed by atoms with van der Waals surface area (Å²) in [5.41, 5.74) is 0.972. The first-order valence-corrected chi connectivity index (χ1v) is 8.41. The standard InChI is InChI=1S/C19H20ClNO4/c1-2-24-19(23)14-5-3-6-16(13-14)21-18(22)7-4-12-25-17-10-8-15(20)9-11-17/h3,5-6,8-11,13H,2,4,7,12H2,1H3,(H,21,22). The highest BCUT2D eigenvalue weighted by Crippen LogP contribution is 2.16. The summed E-state index contributed by atoms with van der Waals surface area (Å²) >= 11 is 5.80. The number of ether oxygens (including phenoxy) is 2. The quantitative estimate of drug-likeness (QED) is 0.562. The number of carbonyl (C=O) groups excluding carboxylic acids is 2. The van der Waals surface area contributed by atoms with Crippen LogP contribution in [0, 0.1) is 0 Å². The van der Waals surface area contributed by atoms with Gasteiger partial charge in [-0.25, -0.2) is 4.79 Å². The lowest BCUT2D eigenvalue weighted by Crippen LogP contribution is -2.13. The van der Waals surface area contributed by atoms with Crippen molar-refractivity contribution in [3.05, 3.63) is 59.1 Å². The molecule has 0 fully saturated rings. The summed E-state index contributed by atoms with van der Waals surface area (Å²) in [6, 6.07) is 13.7. The molecule has 5 nitrogen and oxygen atoms in total. The summed E-state index contributed by atoms with van der Waals surface area (Å²) in [7, 11) is 0. The Balaban J connectivity index is 1.75. The molecule has 1 N–H and O–H groups in total. The average molecular weight is 362 g/mol. The maximum Gasteiger partial charge on any atom is 0.338 e. The van der Waals surface area contributed by atoms with E-state index >= 15 is 0 Å². The number of nitrogens with one attached hydrogen (secondary N) is 1. The van der Waals surface area contributed by atoms with Crippen LogP contribution in [0.15, 0.2) is 48.5 Å². The second-order valence-electron chi connectivity index (χ2n) is 5.26. The molecule has 0 aromatic heterocycles. The van der Waals surface area contributed by atoms with Crippen molar-refractivity contribution in [2.75, 3.05) is 18.5 Å². The maximum absolute atomic E-state index is 12.0. The van der Waals surface area contributed by atoms with Crippen LogP contribution in [0.5, 0.6) is 5.75 Å². The number of halogens is 1. The van der Waals surface area contributed by atoms with E-state index in [0.717, 1.165) is 0 Å². The number of benzene rings is 2. The summed E-state index contributed by atoms with van der Waals surface area (Å²) in [6.45, 7) is 2.48. The van der Waals surface area contributed by atoms with Crippen molar-refractivity contribution < 1.29 is 19.1 Å². The molecule has 0 aliphatic carbocycles. The van der Waals surface area contributed by atoms with Crippen molar-refractivity contribution in [3.63, 3.8) is 0 Å². The van der Waals surface area contributed by atoms with Crippen molar-refractivity contribution in [1.82, 2.24) is 0 Å². The van der Waals surface area contributed by atoms with E-state index in [1.807, 2.05) is 0 Å². The SMILES string of the molecule is CCOC(=O)c1cccc(NC(=O)CCCOc2ccc(Cl)cc2)c1. The minimum absolute atomic E-state index is 0.138. The van der Waals surface area contributed by atoms with Gasteiger partial charge in [0.05, 0.1) is 18.8 Å². The topological polar surface area (TPSA) is 64.6 Å². The van der Waals surface area contributed by atoms with E-state index in [4.69, 9.17) is 21.1 Å². The molecule has 2 rings (SSSR count). The van der Waals surface area contributed by atoms with Gasteiger partial charge >= 0.3 is 5.97 Å². The van der Waals surface area contributed by atoms with Gasteiger partial charge in [0.1, 0.15) is 5.75 Å². The largest absolute Gasteiger partial charge is 0.494 e. The number of rotatable bonds is 8. The van der Waals surface area contributed by atoms with Crippen LogP contribution < -0.4 is 10.1 Å². The van der Waals surface area contributed by atoms with E-state index in [-0.39, 0.29) is 5.91 Å². The number of carbonyl (C=O) groups is 2. The fourth-order valence-corrected chi connectivity index (χ4v) is 2.24. The average Bonchev–Trinajstić information content (AvgIpc) is 2.61. The molecule has 25 heavy (non-hydrogen) atoms. The molecule has 132 valence electrons. The monoisotopic (exact) mass is 361 g/mol. The molecule has 0 unspecified atom stereocenters. The fraction of sp³-hybridized carbons (Fsp3) is 0.263. The van der Waals surface area contributed by atoms with Crippen LogP contribution in [0.3, 0.4) is 0 Å². The van der Waals surface area contributed by atoms with E-state index in [2.05, 4.69) is 5.32 Å². The lowest BCUT2D eigenvalue weighted by molar-refractivity contribution is -0.116. The summed E-state index contributed by atoms with van der Waals surface area (Å²) in [5.74, 6) is 0.169. The highest BCUT2D eigenvalue weighted by atomic mass is 35.5. The molecule has 0 aliphatic rings. The minimum atomic E-state index is -0.407. The van der Waals surface area contributed by atoms with E-state index in [1.54, 1.807) is 55.5 Å². The van der Waals surface area contributed by atoms with Crippen molar-refractivity contribution in [3.8, 4) is 5.75 Å². The minimum Gasteiger partial charge on any atom is -0.494 e. The van der Waals surface area contributed by atoms with E-state index in [0.29, 0.717) is 48.1 Å². The van der Waals surface area contributed by atoms with Crippen LogP contribution in [0.1, 0.15) is 30.1 Å². The Morgan fingerprint density at radius 2 is 1.88 bits per heavy atom. The third-order valence-electron chi connectivity index (χ3n) is 3.29. The van der Waals surface area contributed by atoms with Gasteiger partial charge in [0.25, 0.3) is 0 Å². The van der Waals surface area contributed by atoms with Crippen LogP contribution >= 0.6 is 11.6 Å². The van der Waals surface area contributed by atoms with Gasteiger partial charge in [0.15, 0.2) is 0 Å². The third-order valence-corrected chi connectivity index (χ3v) is 3.54. The van der Waals surface area contributed by atoms with Crippen molar-refractivity contribution in [1.29, 1.82) is 0 Å². The molecular weight excluding hydrogens is 342 g/mol. The van der Waals surface area contributed by atoms with Gasteiger partial charge in [-0.05, 0) is 55.8 Å². The first-order chi connectivity index (χ1) is 12.1. The van der Waals surface area contributed by atoms with Crippen LogP contribution in [-0.4, -0.2) is 25.1 Å². The predicted molar refractivity (Wildman–Crippen MR) is 97.2 cm³/mol. The second-order valence-corrected chi connectivity index (χ2v) is 5.69. The lowest BCUT2D eigenvalue weighted by atomic mass is 10.2. The van der Waals surface area contributed by atoms with Gasteiger partial charge in [-0.15, -0.1) is 0 Å². The van der Waals surface area contributed by atoms with Crippen LogP contribution in [0.25, 0.3) is 0 Å². The van der Waals surface area contributed by atoms with Gasteiger partial charge in [0.2, 0.25) is 5.91 Å². The molecule has 0 saturated carbocycles. The normalized spacial score (nSPS) is 10.2. The fourth-order valence-electron chi connectivity index (χ4n) is 2.12. The molecule has 6 heteroatoms. The van der Waals surface area contributed by atoms with E-state index in [9.17, 15) is 9.59 Å².